The number of nitrogens with zero attached hydrogens (tertiary/aromatic N) is 1. The van der Waals surface area contributed by atoms with E-state index in [0.29, 0.717) is 24.9 Å². The van der Waals surface area contributed by atoms with E-state index in [4.69, 9.17) is 5.73 Å². The van der Waals surface area contributed by atoms with E-state index in [0.717, 1.165) is 11.3 Å². The van der Waals surface area contributed by atoms with E-state index in [1.165, 1.54) is 4.68 Å². The molecule has 96 valence electrons. The number of aryl methyl sites for hydroxylation is 1. The van der Waals surface area contributed by atoms with Gasteiger partial charge in [0.15, 0.2) is 0 Å². The van der Waals surface area contributed by atoms with Gasteiger partial charge in [0.1, 0.15) is 0 Å². The zero-order valence-electron chi connectivity index (χ0n) is 10.3. The van der Waals surface area contributed by atoms with E-state index in [-0.39, 0.29) is 11.4 Å². The first-order chi connectivity index (χ1) is 8.63. The van der Waals surface area contributed by atoms with E-state index in [1.807, 2.05) is 31.2 Å². The maximum absolute atomic E-state index is 11.7. The first-order valence-electron chi connectivity index (χ1n) is 5.93. The highest BCUT2D eigenvalue weighted by molar-refractivity contribution is 5.39. The molecule has 2 aromatic rings. The number of aromatic nitrogens is 2. The van der Waals surface area contributed by atoms with Crippen LogP contribution < -0.4 is 11.3 Å². The summed E-state index contributed by atoms with van der Waals surface area (Å²) in [7, 11) is 0. The molecule has 0 atom stereocenters. The highest BCUT2D eigenvalue weighted by atomic mass is 16.3. The summed E-state index contributed by atoms with van der Waals surface area (Å²) < 4.78 is 1.40. The highest BCUT2D eigenvalue weighted by Crippen LogP contribution is 2.19. The molecule has 0 aliphatic heterocycles. The number of benzene rings is 1. The summed E-state index contributed by atoms with van der Waals surface area (Å²) in [5, 5.41) is 12.7. The molecule has 1 aromatic carbocycles. The third kappa shape index (κ3) is 2.31. The van der Waals surface area contributed by atoms with Gasteiger partial charge in [-0.1, -0.05) is 17.7 Å². The van der Waals surface area contributed by atoms with Crippen LogP contribution in [0.15, 0.2) is 29.1 Å². The van der Waals surface area contributed by atoms with Gasteiger partial charge in [-0.3, -0.25) is 9.89 Å². The third-order valence-electron chi connectivity index (χ3n) is 2.89. The van der Waals surface area contributed by atoms with Crippen LogP contribution in [0.5, 0.6) is 5.88 Å². The Labute approximate surface area is 105 Å². The van der Waals surface area contributed by atoms with Gasteiger partial charge in [-0.05, 0) is 38.4 Å². The summed E-state index contributed by atoms with van der Waals surface area (Å²) in [6, 6.07) is 7.54. The molecule has 0 saturated carbocycles. The number of rotatable bonds is 4. The molecular formula is C13H17N3O2. The quantitative estimate of drug-likeness (QED) is 0.755. The lowest BCUT2D eigenvalue weighted by Crippen LogP contribution is -2.09. The third-order valence-corrected chi connectivity index (χ3v) is 2.89. The summed E-state index contributed by atoms with van der Waals surface area (Å²) in [4.78, 5) is 11.7. The van der Waals surface area contributed by atoms with Crippen LogP contribution in [0.1, 0.15) is 17.5 Å². The van der Waals surface area contributed by atoms with Crippen LogP contribution >= 0.6 is 0 Å². The Hall–Kier alpha value is -2.01. The molecule has 0 fully saturated rings. The van der Waals surface area contributed by atoms with Crippen molar-refractivity contribution in [1.82, 2.24) is 9.78 Å². The van der Waals surface area contributed by atoms with Gasteiger partial charge in [-0.25, -0.2) is 4.68 Å². The molecule has 0 bridgehead atoms. The predicted octanol–water partition coefficient (Wildman–Crippen LogP) is 1.07. The van der Waals surface area contributed by atoms with Crippen molar-refractivity contribution in [3.63, 3.8) is 0 Å². The standard InChI is InChI=1S/C13H17N3O2/c1-9-4-6-10(7-5-9)16-13(18)11(3-2-8-14)12(17)15-16/h4-7,18H,2-3,8,14H2,1H3,(H,15,17). The van der Waals surface area contributed by atoms with Crippen LogP contribution in [0, 0.1) is 6.92 Å². The molecule has 5 heteroatoms. The Kier molecular flexibility index (Phi) is 3.53. The number of aromatic amines is 1. The summed E-state index contributed by atoms with van der Waals surface area (Å²) in [5.41, 5.74) is 7.39. The van der Waals surface area contributed by atoms with Crippen LogP contribution in [-0.2, 0) is 6.42 Å². The smallest absolute Gasteiger partial charge is 0.271 e. The lowest BCUT2D eigenvalue weighted by molar-refractivity contribution is 0.427. The van der Waals surface area contributed by atoms with Crippen molar-refractivity contribution in [1.29, 1.82) is 0 Å². The number of nitrogens with one attached hydrogen (secondary N) is 1. The van der Waals surface area contributed by atoms with Crippen LogP contribution in [0.4, 0.5) is 0 Å². The van der Waals surface area contributed by atoms with Gasteiger partial charge < -0.3 is 10.8 Å². The first kappa shape index (κ1) is 12.4. The minimum atomic E-state index is -0.262. The summed E-state index contributed by atoms with van der Waals surface area (Å²) in [6.07, 6.45) is 1.16. The van der Waals surface area contributed by atoms with Gasteiger partial charge in [-0.15, -0.1) is 0 Å². The van der Waals surface area contributed by atoms with Crippen molar-refractivity contribution in [2.75, 3.05) is 6.54 Å². The van der Waals surface area contributed by atoms with E-state index >= 15 is 0 Å². The number of hydrogen-bond acceptors (Lipinski definition) is 3. The van der Waals surface area contributed by atoms with E-state index in [9.17, 15) is 9.90 Å². The fourth-order valence-corrected chi connectivity index (χ4v) is 1.84. The monoisotopic (exact) mass is 247 g/mol. The molecular weight excluding hydrogens is 230 g/mol. The van der Waals surface area contributed by atoms with Gasteiger partial charge in [0, 0.05) is 0 Å². The van der Waals surface area contributed by atoms with E-state index < -0.39 is 0 Å². The maximum atomic E-state index is 11.7. The number of nitrogens with two attached hydrogens (primary N) is 1. The fourth-order valence-electron chi connectivity index (χ4n) is 1.84. The number of hydrogen-bond donors (Lipinski definition) is 3. The normalized spacial score (nSPS) is 10.8. The molecule has 0 spiro atoms. The van der Waals surface area contributed by atoms with Crippen LogP contribution in [-0.4, -0.2) is 21.4 Å². The summed E-state index contributed by atoms with van der Waals surface area (Å²) in [6.45, 7) is 2.48. The highest BCUT2D eigenvalue weighted by Gasteiger charge is 2.14. The molecule has 2 rings (SSSR count). The molecule has 0 amide bonds. The van der Waals surface area contributed by atoms with Crippen molar-refractivity contribution in [3.8, 4) is 11.6 Å². The second-order valence-electron chi connectivity index (χ2n) is 4.31. The lowest BCUT2D eigenvalue weighted by atomic mass is 10.2. The van der Waals surface area contributed by atoms with Gasteiger partial charge in [0.05, 0.1) is 11.3 Å². The Morgan fingerprint density at radius 1 is 1.33 bits per heavy atom. The molecule has 4 N–H and O–H groups in total. The van der Waals surface area contributed by atoms with Crippen LogP contribution in [0.3, 0.4) is 0 Å². The van der Waals surface area contributed by atoms with Crippen molar-refractivity contribution >= 4 is 0 Å². The molecule has 0 aliphatic rings. The number of aromatic hydroxyl groups is 1. The maximum Gasteiger partial charge on any atom is 0.271 e. The van der Waals surface area contributed by atoms with Gasteiger partial charge in [0.2, 0.25) is 5.88 Å². The summed E-state index contributed by atoms with van der Waals surface area (Å²) in [5.74, 6) is -0.0303. The molecule has 18 heavy (non-hydrogen) atoms. The average molecular weight is 247 g/mol. The Morgan fingerprint density at radius 2 is 2.00 bits per heavy atom. The van der Waals surface area contributed by atoms with Gasteiger partial charge in [0.25, 0.3) is 5.56 Å². The molecule has 0 radical (unpaired) electrons. The Balaban J connectivity index is 2.40. The number of H-pyrrole nitrogens is 1. The van der Waals surface area contributed by atoms with Crippen molar-refractivity contribution in [3.05, 3.63) is 45.7 Å². The molecule has 0 saturated heterocycles. The topological polar surface area (TPSA) is 84.0 Å². The Bertz CT molecular complexity index is 581. The predicted molar refractivity (Wildman–Crippen MR) is 70.2 cm³/mol. The van der Waals surface area contributed by atoms with Crippen LogP contribution in [0.25, 0.3) is 5.69 Å². The van der Waals surface area contributed by atoms with Crippen molar-refractivity contribution < 1.29 is 5.11 Å². The van der Waals surface area contributed by atoms with Gasteiger partial charge >= 0.3 is 0 Å². The minimum Gasteiger partial charge on any atom is -0.493 e. The molecule has 0 aliphatic carbocycles. The Morgan fingerprint density at radius 3 is 2.61 bits per heavy atom. The van der Waals surface area contributed by atoms with Gasteiger partial charge in [-0.2, -0.15) is 0 Å². The zero-order chi connectivity index (χ0) is 13.1. The zero-order valence-corrected chi connectivity index (χ0v) is 10.3. The average Bonchev–Trinajstić information content (AvgIpc) is 2.64. The van der Waals surface area contributed by atoms with Crippen LogP contribution in [0.2, 0.25) is 0 Å². The first-order valence-corrected chi connectivity index (χ1v) is 5.93. The minimum absolute atomic E-state index is 0.0303. The molecule has 1 aromatic heterocycles. The molecule has 1 heterocycles. The van der Waals surface area contributed by atoms with Crippen molar-refractivity contribution in [2.24, 2.45) is 5.73 Å². The lowest BCUT2D eigenvalue weighted by Gasteiger charge is -2.05. The summed E-state index contributed by atoms with van der Waals surface area (Å²) >= 11 is 0. The van der Waals surface area contributed by atoms with Crippen molar-refractivity contribution in [2.45, 2.75) is 19.8 Å². The second kappa shape index (κ2) is 5.10. The van der Waals surface area contributed by atoms with E-state index in [2.05, 4.69) is 5.10 Å². The largest absolute Gasteiger partial charge is 0.493 e. The fraction of sp³-hybridized carbons (Fsp3) is 0.308. The SMILES string of the molecule is Cc1ccc(-n2[nH]c(=O)c(CCCN)c2O)cc1. The second-order valence-corrected chi connectivity index (χ2v) is 4.31. The molecule has 0 unspecified atom stereocenters. The van der Waals surface area contributed by atoms with E-state index in [1.54, 1.807) is 0 Å². The molecule has 5 nitrogen and oxygen atoms in total.